The number of nitrogens with one attached hydrogen (secondary N) is 1. The van der Waals surface area contributed by atoms with Crippen molar-refractivity contribution in [2.75, 3.05) is 6.54 Å². The number of aliphatic hydroxyl groups is 1. The Labute approximate surface area is 81.7 Å². The molecule has 2 N–H and O–H groups in total. The average Bonchev–Trinajstić information content (AvgIpc) is 2.03. The van der Waals surface area contributed by atoms with E-state index < -0.39 is 0 Å². The summed E-state index contributed by atoms with van der Waals surface area (Å²) in [4.78, 5) is 0. The van der Waals surface area contributed by atoms with Crippen LogP contribution >= 0.6 is 0 Å². The van der Waals surface area contributed by atoms with Crippen LogP contribution in [0.4, 0.5) is 0 Å². The molecule has 2 heteroatoms. The molecule has 1 aliphatic carbocycles. The van der Waals surface area contributed by atoms with Crippen LogP contribution in [-0.4, -0.2) is 23.8 Å². The molecule has 0 bridgehead atoms. The molecule has 1 fully saturated rings. The molecule has 2 nitrogen and oxygen atoms in total. The third-order valence-electron chi connectivity index (χ3n) is 3.19. The molecule has 78 valence electrons. The quantitative estimate of drug-likeness (QED) is 0.702. The van der Waals surface area contributed by atoms with Crippen molar-refractivity contribution in [1.29, 1.82) is 0 Å². The van der Waals surface area contributed by atoms with Crippen molar-refractivity contribution in [1.82, 2.24) is 5.32 Å². The predicted molar refractivity (Wildman–Crippen MR) is 55.7 cm³/mol. The van der Waals surface area contributed by atoms with Crippen LogP contribution in [0.5, 0.6) is 0 Å². The Morgan fingerprint density at radius 2 is 1.85 bits per heavy atom. The standard InChI is InChI=1S/C11H23NO/c1-8-5-4-6-9(2)11(8)12-7-10(3)13/h8-13H,4-7H2,1-3H3/t8-,9-,10-/m0/s1. The fourth-order valence-corrected chi connectivity index (χ4v) is 2.39. The van der Waals surface area contributed by atoms with Gasteiger partial charge in [0.1, 0.15) is 0 Å². The highest BCUT2D eigenvalue weighted by atomic mass is 16.3. The molecule has 0 aliphatic heterocycles. The molecule has 0 amide bonds. The first-order chi connectivity index (χ1) is 6.11. The Morgan fingerprint density at radius 3 is 2.31 bits per heavy atom. The van der Waals surface area contributed by atoms with E-state index in [9.17, 15) is 5.11 Å². The lowest BCUT2D eigenvalue weighted by Crippen LogP contribution is -2.45. The minimum atomic E-state index is -0.221. The van der Waals surface area contributed by atoms with Crippen molar-refractivity contribution in [3.8, 4) is 0 Å². The van der Waals surface area contributed by atoms with E-state index in [4.69, 9.17) is 0 Å². The van der Waals surface area contributed by atoms with Gasteiger partial charge in [0, 0.05) is 12.6 Å². The predicted octanol–water partition coefficient (Wildman–Crippen LogP) is 1.78. The third kappa shape index (κ3) is 3.28. The first-order valence-electron chi connectivity index (χ1n) is 5.52. The summed E-state index contributed by atoms with van der Waals surface area (Å²) in [6.07, 6.45) is 3.82. The SMILES string of the molecule is C[C@H](O)CNC1[C@@H](C)CCC[C@@H]1C. The number of aliphatic hydroxyl groups excluding tert-OH is 1. The van der Waals surface area contributed by atoms with Crippen molar-refractivity contribution in [2.45, 2.75) is 52.2 Å². The summed E-state index contributed by atoms with van der Waals surface area (Å²) in [5.74, 6) is 1.53. The monoisotopic (exact) mass is 185 g/mol. The Hall–Kier alpha value is -0.0800. The summed E-state index contributed by atoms with van der Waals surface area (Å²) in [6, 6.07) is 0.614. The van der Waals surface area contributed by atoms with Gasteiger partial charge in [-0.25, -0.2) is 0 Å². The topological polar surface area (TPSA) is 32.3 Å². The van der Waals surface area contributed by atoms with Gasteiger partial charge >= 0.3 is 0 Å². The fraction of sp³-hybridized carbons (Fsp3) is 1.00. The molecule has 13 heavy (non-hydrogen) atoms. The summed E-state index contributed by atoms with van der Waals surface area (Å²) < 4.78 is 0. The van der Waals surface area contributed by atoms with E-state index in [1.54, 1.807) is 0 Å². The van der Waals surface area contributed by atoms with E-state index >= 15 is 0 Å². The minimum absolute atomic E-state index is 0.221. The van der Waals surface area contributed by atoms with Crippen LogP contribution < -0.4 is 5.32 Å². The van der Waals surface area contributed by atoms with E-state index in [0.717, 1.165) is 18.4 Å². The Bertz CT molecular complexity index is 137. The van der Waals surface area contributed by atoms with Crippen molar-refractivity contribution >= 4 is 0 Å². The molecule has 0 aromatic rings. The maximum absolute atomic E-state index is 9.19. The second kappa shape index (κ2) is 4.97. The molecule has 0 aromatic carbocycles. The highest BCUT2D eigenvalue weighted by molar-refractivity contribution is 4.83. The summed E-state index contributed by atoms with van der Waals surface area (Å²) in [7, 11) is 0. The molecule has 0 saturated heterocycles. The molecule has 0 spiro atoms. The van der Waals surface area contributed by atoms with Crippen molar-refractivity contribution in [3.05, 3.63) is 0 Å². The highest BCUT2D eigenvalue weighted by Crippen LogP contribution is 2.28. The van der Waals surface area contributed by atoms with Crippen LogP contribution in [-0.2, 0) is 0 Å². The molecule has 3 atom stereocenters. The first-order valence-corrected chi connectivity index (χ1v) is 5.52. The van der Waals surface area contributed by atoms with Crippen LogP contribution in [0.3, 0.4) is 0 Å². The van der Waals surface area contributed by atoms with E-state index in [-0.39, 0.29) is 6.10 Å². The zero-order chi connectivity index (χ0) is 9.84. The molecule has 0 radical (unpaired) electrons. The number of hydrogen-bond acceptors (Lipinski definition) is 2. The Balaban J connectivity index is 2.35. The van der Waals surface area contributed by atoms with Crippen molar-refractivity contribution in [2.24, 2.45) is 11.8 Å². The lowest BCUT2D eigenvalue weighted by molar-refractivity contribution is 0.153. The number of hydrogen-bond donors (Lipinski definition) is 2. The maximum atomic E-state index is 9.19. The smallest absolute Gasteiger partial charge is 0.0636 e. The van der Waals surface area contributed by atoms with Gasteiger partial charge in [-0.05, 0) is 31.6 Å². The summed E-state index contributed by atoms with van der Waals surface area (Å²) in [5, 5.41) is 12.7. The normalized spacial score (nSPS) is 33.2. The summed E-state index contributed by atoms with van der Waals surface area (Å²) in [6.45, 7) is 7.20. The van der Waals surface area contributed by atoms with Crippen molar-refractivity contribution in [3.63, 3.8) is 0 Å². The first kappa shape index (κ1) is 11.0. The molecule has 0 unspecified atom stereocenters. The largest absolute Gasteiger partial charge is 0.392 e. The van der Waals surface area contributed by atoms with E-state index in [0.29, 0.717) is 6.04 Å². The van der Waals surface area contributed by atoms with Gasteiger partial charge in [0.05, 0.1) is 6.10 Å². The second-order valence-corrected chi connectivity index (χ2v) is 4.67. The van der Waals surface area contributed by atoms with Gasteiger partial charge < -0.3 is 10.4 Å². The van der Waals surface area contributed by atoms with Crippen LogP contribution in [0.1, 0.15) is 40.0 Å². The van der Waals surface area contributed by atoms with Gasteiger partial charge in [0.15, 0.2) is 0 Å². The molecule has 1 saturated carbocycles. The summed E-state index contributed by atoms with van der Waals surface area (Å²) >= 11 is 0. The molecule has 1 rings (SSSR count). The average molecular weight is 185 g/mol. The summed E-state index contributed by atoms with van der Waals surface area (Å²) in [5.41, 5.74) is 0. The minimum Gasteiger partial charge on any atom is -0.392 e. The zero-order valence-corrected chi connectivity index (χ0v) is 9.09. The molecule has 1 aliphatic rings. The van der Waals surface area contributed by atoms with E-state index in [1.165, 1.54) is 19.3 Å². The highest BCUT2D eigenvalue weighted by Gasteiger charge is 2.26. The van der Waals surface area contributed by atoms with Gasteiger partial charge in [-0.15, -0.1) is 0 Å². The second-order valence-electron chi connectivity index (χ2n) is 4.67. The molecule has 0 aromatic heterocycles. The van der Waals surface area contributed by atoms with Crippen LogP contribution in [0.25, 0.3) is 0 Å². The van der Waals surface area contributed by atoms with Gasteiger partial charge in [0.2, 0.25) is 0 Å². The molecule has 0 heterocycles. The lowest BCUT2D eigenvalue weighted by atomic mass is 9.79. The Kier molecular flexibility index (Phi) is 4.20. The number of rotatable bonds is 3. The maximum Gasteiger partial charge on any atom is 0.0636 e. The molecular weight excluding hydrogens is 162 g/mol. The fourth-order valence-electron chi connectivity index (χ4n) is 2.39. The van der Waals surface area contributed by atoms with Gasteiger partial charge in [-0.3, -0.25) is 0 Å². The van der Waals surface area contributed by atoms with Crippen LogP contribution in [0.2, 0.25) is 0 Å². The van der Waals surface area contributed by atoms with Crippen LogP contribution in [0, 0.1) is 11.8 Å². The van der Waals surface area contributed by atoms with Gasteiger partial charge in [0.25, 0.3) is 0 Å². The third-order valence-corrected chi connectivity index (χ3v) is 3.19. The lowest BCUT2D eigenvalue weighted by Gasteiger charge is -2.35. The van der Waals surface area contributed by atoms with Crippen molar-refractivity contribution < 1.29 is 5.11 Å². The van der Waals surface area contributed by atoms with Gasteiger partial charge in [-0.1, -0.05) is 20.3 Å². The van der Waals surface area contributed by atoms with E-state index in [2.05, 4.69) is 19.2 Å². The van der Waals surface area contributed by atoms with E-state index in [1.807, 2.05) is 6.92 Å². The molecular formula is C11H23NO. The van der Waals surface area contributed by atoms with Gasteiger partial charge in [-0.2, -0.15) is 0 Å². The Morgan fingerprint density at radius 1 is 1.31 bits per heavy atom. The van der Waals surface area contributed by atoms with Crippen LogP contribution in [0.15, 0.2) is 0 Å². The zero-order valence-electron chi connectivity index (χ0n) is 9.09.